The van der Waals surface area contributed by atoms with E-state index in [0.717, 1.165) is 5.56 Å². The van der Waals surface area contributed by atoms with Gasteiger partial charge in [0.1, 0.15) is 0 Å². The number of H-pyrrole nitrogens is 1. The van der Waals surface area contributed by atoms with Gasteiger partial charge in [-0.1, -0.05) is 17.7 Å². The summed E-state index contributed by atoms with van der Waals surface area (Å²) in [5, 5.41) is 3.38. The molecule has 0 saturated heterocycles. The van der Waals surface area contributed by atoms with Gasteiger partial charge >= 0.3 is 5.76 Å². The molecule has 0 aliphatic heterocycles. The minimum atomic E-state index is -0.493. The number of hydrogen-bond donors (Lipinski definition) is 2. The summed E-state index contributed by atoms with van der Waals surface area (Å²) < 4.78 is 4.97. The monoisotopic (exact) mass is 302 g/mol. The van der Waals surface area contributed by atoms with Gasteiger partial charge in [0.15, 0.2) is 5.58 Å². The molecule has 21 heavy (non-hydrogen) atoms. The molecule has 3 aromatic rings. The molecule has 0 atom stereocenters. The number of carbonyl (C=O) groups is 1. The molecular weight excluding hydrogens is 292 g/mol. The Morgan fingerprint density at radius 3 is 2.71 bits per heavy atom. The van der Waals surface area contributed by atoms with E-state index in [0.29, 0.717) is 28.2 Å². The second-order valence-corrected chi connectivity index (χ2v) is 4.97. The average Bonchev–Trinajstić information content (AvgIpc) is 2.84. The molecular formula is C15H11ClN2O3. The van der Waals surface area contributed by atoms with Gasteiger partial charge < -0.3 is 9.73 Å². The molecule has 0 bridgehead atoms. The molecule has 0 unspecified atom stereocenters. The Kier molecular flexibility index (Phi) is 3.50. The summed E-state index contributed by atoms with van der Waals surface area (Å²) in [6.45, 7) is 0.340. The van der Waals surface area contributed by atoms with E-state index in [1.165, 1.54) is 0 Å². The number of halogens is 1. The molecule has 2 N–H and O–H groups in total. The maximum absolute atomic E-state index is 12.0. The molecule has 0 spiro atoms. The largest absolute Gasteiger partial charge is 0.417 e. The number of hydrogen-bond acceptors (Lipinski definition) is 3. The van der Waals surface area contributed by atoms with Gasteiger partial charge in [-0.3, -0.25) is 9.78 Å². The smallest absolute Gasteiger partial charge is 0.408 e. The average molecular weight is 303 g/mol. The molecule has 5 nitrogen and oxygen atoms in total. The van der Waals surface area contributed by atoms with Crippen LogP contribution in [0.3, 0.4) is 0 Å². The summed E-state index contributed by atoms with van der Waals surface area (Å²) >= 11 is 5.78. The first-order chi connectivity index (χ1) is 10.1. The van der Waals surface area contributed by atoms with Gasteiger partial charge in [-0.2, -0.15) is 0 Å². The second kappa shape index (κ2) is 5.46. The van der Waals surface area contributed by atoms with Gasteiger partial charge in [0.2, 0.25) is 0 Å². The molecule has 0 aliphatic carbocycles. The number of carbonyl (C=O) groups excluding carboxylic acids is 1. The fourth-order valence-corrected chi connectivity index (χ4v) is 2.11. The molecule has 1 amide bonds. The van der Waals surface area contributed by atoms with E-state index in [9.17, 15) is 9.59 Å². The fourth-order valence-electron chi connectivity index (χ4n) is 1.99. The Morgan fingerprint density at radius 2 is 1.95 bits per heavy atom. The topological polar surface area (TPSA) is 75.1 Å². The zero-order chi connectivity index (χ0) is 14.8. The van der Waals surface area contributed by atoms with Crippen molar-refractivity contribution in [2.24, 2.45) is 0 Å². The molecule has 6 heteroatoms. The minimum Gasteiger partial charge on any atom is -0.408 e. The lowest BCUT2D eigenvalue weighted by atomic mass is 10.2. The zero-order valence-electron chi connectivity index (χ0n) is 10.9. The highest BCUT2D eigenvalue weighted by atomic mass is 35.5. The molecule has 0 aliphatic rings. The van der Waals surface area contributed by atoms with Crippen molar-refractivity contribution in [3.8, 4) is 0 Å². The van der Waals surface area contributed by atoms with E-state index in [1.54, 1.807) is 36.4 Å². The predicted octanol–water partition coefficient (Wildman–Crippen LogP) is 2.70. The number of fused-ring (bicyclic) bond motifs is 1. The third-order valence-corrected chi connectivity index (χ3v) is 3.30. The van der Waals surface area contributed by atoms with Crippen molar-refractivity contribution in [2.45, 2.75) is 6.54 Å². The standard InChI is InChI=1S/C15H11ClN2O3/c16-11-4-2-10(3-5-11)14(19)17-8-9-1-6-12-13(7-9)21-15(20)18-12/h1-7H,8H2,(H,17,19)(H,18,20). The Morgan fingerprint density at radius 1 is 1.19 bits per heavy atom. The normalized spacial score (nSPS) is 10.7. The van der Waals surface area contributed by atoms with E-state index in [4.69, 9.17) is 16.0 Å². The van der Waals surface area contributed by atoms with Crippen LogP contribution in [0.2, 0.25) is 5.02 Å². The van der Waals surface area contributed by atoms with Crippen LogP contribution in [0, 0.1) is 0 Å². The Labute approximate surface area is 124 Å². The van der Waals surface area contributed by atoms with Crippen molar-refractivity contribution < 1.29 is 9.21 Å². The van der Waals surface area contributed by atoms with Crippen LogP contribution < -0.4 is 11.1 Å². The lowest BCUT2D eigenvalue weighted by Gasteiger charge is -2.05. The van der Waals surface area contributed by atoms with Crippen LogP contribution in [-0.2, 0) is 6.54 Å². The molecule has 3 rings (SSSR count). The van der Waals surface area contributed by atoms with Gasteiger partial charge in [-0.15, -0.1) is 0 Å². The van der Waals surface area contributed by atoms with Crippen LogP contribution in [0.25, 0.3) is 11.1 Å². The van der Waals surface area contributed by atoms with Crippen LogP contribution in [0.15, 0.2) is 51.7 Å². The number of rotatable bonds is 3. The lowest BCUT2D eigenvalue weighted by molar-refractivity contribution is 0.0951. The third-order valence-electron chi connectivity index (χ3n) is 3.04. The van der Waals surface area contributed by atoms with Crippen molar-refractivity contribution in [3.63, 3.8) is 0 Å². The number of aromatic nitrogens is 1. The highest BCUT2D eigenvalue weighted by molar-refractivity contribution is 6.30. The van der Waals surface area contributed by atoms with Crippen molar-refractivity contribution in [1.29, 1.82) is 0 Å². The van der Waals surface area contributed by atoms with Gasteiger partial charge in [-0.25, -0.2) is 4.79 Å². The quantitative estimate of drug-likeness (QED) is 0.781. The summed E-state index contributed by atoms with van der Waals surface area (Å²) in [5.74, 6) is -0.686. The number of amides is 1. The van der Waals surface area contributed by atoms with Crippen LogP contribution in [0.4, 0.5) is 0 Å². The van der Waals surface area contributed by atoms with Crippen LogP contribution in [0.5, 0.6) is 0 Å². The first-order valence-electron chi connectivity index (χ1n) is 6.27. The zero-order valence-corrected chi connectivity index (χ0v) is 11.6. The molecule has 2 aromatic carbocycles. The molecule has 0 saturated carbocycles. The highest BCUT2D eigenvalue weighted by Gasteiger charge is 2.06. The number of nitrogens with one attached hydrogen (secondary N) is 2. The van der Waals surface area contributed by atoms with Gasteiger partial charge in [0, 0.05) is 17.1 Å². The predicted molar refractivity (Wildman–Crippen MR) is 79.5 cm³/mol. The van der Waals surface area contributed by atoms with E-state index >= 15 is 0 Å². The van der Waals surface area contributed by atoms with Gasteiger partial charge in [0.25, 0.3) is 5.91 Å². The second-order valence-electron chi connectivity index (χ2n) is 4.53. The van der Waals surface area contributed by atoms with Crippen LogP contribution in [-0.4, -0.2) is 10.9 Å². The van der Waals surface area contributed by atoms with Crippen molar-refractivity contribution >= 4 is 28.6 Å². The number of oxazole rings is 1. The van der Waals surface area contributed by atoms with Crippen molar-refractivity contribution in [2.75, 3.05) is 0 Å². The Balaban J connectivity index is 1.72. The maximum atomic E-state index is 12.0. The SMILES string of the molecule is O=C(NCc1ccc2[nH]c(=O)oc2c1)c1ccc(Cl)cc1. The third kappa shape index (κ3) is 2.98. The summed E-state index contributed by atoms with van der Waals surface area (Å²) in [4.78, 5) is 25.6. The van der Waals surface area contributed by atoms with E-state index in [-0.39, 0.29) is 5.91 Å². The fraction of sp³-hybridized carbons (Fsp3) is 0.0667. The van der Waals surface area contributed by atoms with Crippen LogP contribution in [0.1, 0.15) is 15.9 Å². The summed E-state index contributed by atoms with van der Waals surface area (Å²) in [6.07, 6.45) is 0. The van der Waals surface area contributed by atoms with E-state index < -0.39 is 5.76 Å². The first kappa shape index (κ1) is 13.5. The van der Waals surface area contributed by atoms with E-state index in [1.807, 2.05) is 6.07 Å². The molecule has 1 aromatic heterocycles. The van der Waals surface area contributed by atoms with Crippen molar-refractivity contribution in [3.05, 3.63) is 69.2 Å². The highest BCUT2D eigenvalue weighted by Crippen LogP contribution is 2.13. The summed E-state index contributed by atoms with van der Waals surface area (Å²) in [7, 11) is 0. The summed E-state index contributed by atoms with van der Waals surface area (Å²) in [6, 6.07) is 11.9. The number of benzene rings is 2. The number of aromatic amines is 1. The van der Waals surface area contributed by atoms with E-state index in [2.05, 4.69) is 10.3 Å². The maximum Gasteiger partial charge on any atom is 0.417 e. The Bertz CT molecular complexity index is 849. The lowest BCUT2D eigenvalue weighted by Crippen LogP contribution is -2.22. The van der Waals surface area contributed by atoms with Gasteiger partial charge in [0.05, 0.1) is 5.52 Å². The first-order valence-corrected chi connectivity index (χ1v) is 6.65. The minimum absolute atomic E-state index is 0.192. The Hall–Kier alpha value is -2.53. The summed E-state index contributed by atoms with van der Waals surface area (Å²) in [5.41, 5.74) is 2.48. The molecule has 1 heterocycles. The van der Waals surface area contributed by atoms with Crippen LogP contribution >= 0.6 is 11.6 Å². The molecule has 0 radical (unpaired) electrons. The van der Waals surface area contributed by atoms with Crippen molar-refractivity contribution in [1.82, 2.24) is 10.3 Å². The molecule has 0 fully saturated rings. The molecule has 106 valence electrons. The van der Waals surface area contributed by atoms with Gasteiger partial charge in [-0.05, 0) is 42.0 Å².